The van der Waals surface area contributed by atoms with E-state index in [1.54, 1.807) is 36.7 Å². The number of aromatic nitrogens is 3. The highest BCUT2D eigenvalue weighted by Crippen LogP contribution is 2.30. The Morgan fingerprint density at radius 1 is 0.968 bits per heavy atom. The number of nitrogens with two attached hydrogens (primary N) is 1. The molecule has 0 aliphatic carbocycles. The second-order valence-electron chi connectivity index (χ2n) is 7.15. The lowest BCUT2D eigenvalue weighted by Crippen LogP contribution is -2.14. The molecule has 0 aliphatic heterocycles. The molecule has 31 heavy (non-hydrogen) atoms. The number of hydrogen-bond donors (Lipinski definition) is 2. The smallest absolute Gasteiger partial charge is 0.281 e. The third kappa shape index (κ3) is 3.18. The van der Waals surface area contributed by atoms with Gasteiger partial charge >= 0.3 is 0 Å². The highest BCUT2D eigenvalue weighted by Gasteiger charge is 2.18. The van der Waals surface area contributed by atoms with Gasteiger partial charge in [0.2, 0.25) is 5.95 Å². The number of aromatic hydroxyl groups is 1. The summed E-state index contributed by atoms with van der Waals surface area (Å²) in [5, 5.41) is 12.1. The van der Waals surface area contributed by atoms with Gasteiger partial charge in [-0.1, -0.05) is 30.3 Å². The Morgan fingerprint density at radius 2 is 1.71 bits per heavy atom. The summed E-state index contributed by atoms with van der Waals surface area (Å²) in [6, 6.07) is 17.5. The van der Waals surface area contributed by atoms with Gasteiger partial charge in [0.25, 0.3) is 5.91 Å². The molecule has 5 rings (SSSR count). The Kier molecular flexibility index (Phi) is 4.22. The summed E-state index contributed by atoms with van der Waals surface area (Å²) in [4.78, 5) is 33.3. The van der Waals surface area contributed by atoms with Crippen molar-refractivity contribution < 1.29 is 14.7 Å². The zero-order valence-corrected chi connectivity index (χ0v) is 16.2. The van der Waals surface area contributed by atoms with E-state index in [0.29, 0.717) is 33.9 Å². The largest absolute Gasteiger partial charge is 0.508 e. The molecule has 0 unspecified atom stereocenters. The Bertz CT molecular complexity index is 1470. The van der Waals surface area contributed by atoms with Crippen LogP contribution in [0.3, 0.4) is 0 Å². The van der Waals surface area contributed by atoms with Crippen LogP contribution in [0.2, 0.25) is 0 Å². The molecule has 0 aliphatic rings. The van der Waals surface area contributed by atoms with E-state index < -0.39 is 0 Å². The summed E-state index contributed by atoms with van der Waals surface area (Å²) in [6.07, 6.45) is 4.17. The maximum Gasteiger partial charge on any atom is 0.281 e. The fourth-order valence-corrected chi connectivity index (χ4v) is 3.71. The zero-order valence-electron chi connectivity index (χ0n) is 16.2. The molecule has 0 fully saturated rings. The summed E-state index contributed by atoms with van der Waals surface area (Å²) in [6.45, 7) is 0. The molecule has 3 N–H and O–H groups in total. The van der Waals surface area contributed by atoms with Crippen LogP contribution in [-0.2, 0) is 0 Å². The van der Waals surface area contributed by atoms with Crippen LogP contribution in [0.5, 0.6) is 5.75 Å². The van der Waals surface area contributed by atoms with E-state index >= 15 is 0 Å². The topological polar surface area (TPSA) is 111 Å². The van der Waals surface area contributed by atoms with Crippen LogP contribution in [0.1, 0.15) is 20.8 Å². The lowest BCUT2D eigenvalue weighted by molar-refractivity contribution is 0.0957. The molecule has 7 heteroatoms. The van der Waals surface area contributed by atoms with Crippen molar-refractivity contribution in [2.24, 2.45) is 0 Å². The number of anilines is 1. The van der Waals surface area contributed by atoms with E-state index in [0.717, 1.165) is 10.8 Å². The molecular weight excluding hydrogens is 392 g/mol. The van der Waals surface area contributed by atoms with Crippen molar-refractivity contribution in [3.8, 4) is 16.9 Å². The fraction of sp³-hybridized carbons (Fsp3) is 0. The monoisotopic (exact) mass is 408 g/mol. The number of rotatable bonds is 3. The first-order chi connectivity index (χ1) is 15.0. The molecule has 0 spiro atoms. The predicted octanol–water partition coefficient (Wildman–Crippen LogP) is 4.04. The van der Waals surface area contributed by atoms with Crippen molar-refractivity contribution in [3.05, 3.63) is 84.3 Å². The molecule has 150 valence electrons. The second kappa shape index (κ2) is 7.07. The number of nitrogens with zero attached hydrogens (tertiary/aromatic N) is 3. The van der Waals surface area contributed by atoms with Gasteiger partial charge in [-0.3, -0.25) is 14.2 Å². The summed E-state index contributed by atoms with van der Waals surface area (Å²) in [5.41, 5.74) is 8.19. The van der Waals surface area contributed by atoms with Gasteiger partial charge in [0.05, 0.1) is 5.52 Å². The van der Waals surface area contributed by atoms with Gasteiger partial charge in [0, 0.05) is 23.3 Å². The van der Waals surface area contributed by atoms with Crippen LogP contribution in [0.15, 0.2) is 73.1 Å². The maximum absolute atomic E-state index is 13.3. The summed E-state index contributed by atoms with van der Waals surface area (Å²) < 4.78 is 1.48. The number of phenolic OH excluding ortho intramolecular Hbond substituents is 1. The van der Waals surface area contributed by atoms with Crippen LogP contribution in [0.4, 0.5) is 5.95 Å². The molecule has 7 nitrogen and oxygen atoms in total. The Morgan fingerprint density at radius 3 is 2.42 bits per heavy atom. The molecule has 0 amide bonds. The number of aldehydes is 1. The van der Waals surface area contributed by atoms with Crippen LogP contribution < -0.4 is 5.73 Å². The van der Waals surface area contributed by atoms with Crippen LogP contribution >= 0.6 is 0 Å². The fourth-order valence-electron chi connectivity index (χ4n) is 3.71. The summed E-state index contributed by atoms with van der Waals surface area (Å²) in [5.74, 6) is -0.342. The number of nitrogen functional groups attached to an aromatic ring is 1. The molecule has 0 bridgehead atoms. The zero-order chi connectivity index (χ0) is 21.5. The first-order valence-corrected chi connectivity index (χ1v) is 9.51. The van der Waals surface area contributed by atoms with Crippen molar-refractivity contribution in [2.45, 2.75) is 0 Å². The molecule has 3 aromatic carbocycles. The van der Waals surface area contributed by atoms with Crippen molar-refractivity contribution in [1.29, 1.82) is 0 Å². The van der Waals surface area contributed by atoms with E-state index in [2.05, 4.69) is 9.97 Å². The van der Waals surface area contributed by atoms with Gasteiger partial charge in [-0.05, 0) is 52.2 Å². The van der Waals surface area contributed by atoms with Gasteiger partial charge in [-0.15, -0.1) is 0 Å². The number of carbonyl (C=O) groups is 2. The minimum Gasteiger partial charge on any atom is -0.508 e. The first kappa shape index (κ1) is 18.5. The SMILES string of the molecule is Nc1nc(C(=O)n2cc3ccccc3c2)c2cc(-c3ccc(O)cc3C=O)ccc2n1. The summed E-state index contributed by atoms with van der Waals surface area (Å²) >= 11 is 0. The quantitative estimate of drug-likeness (QED) is 0.436. The maximum atomic E-state index is 13.3. The van der Waals surface area contributed by atoms with Gasteiger partial charge in [0.1, 0.15) is 11.4 Å². The average Bonchev–Trinajstić information content (AvgIpc) is 3.22. The van der Waals surface area contributed by atoms with E-state index in [-0.39, 0.29) is 23.3 Å². The Labute approximate surface area is 176 Å². The van der Waals surface area contributed by atoms with Crippen molar-refractivity contribution in [3.63, 3.8) is 0 Å². The molecular formula is C24H16N4O3. The number of phenols is 1. The van der Waals surface area contributed by atoms with Crippen LogP contribution in [0.25, 0.3) is 32.8 Å². The van der Waals surface area contributed by atoms with Gasteiger partial charge in [-0.2, -0.15) is 0 Å². The highest BCUT2D eigenvalue weighted by molar-refractivity contribution is 6.08. The third-order valence-corrected chi connectivity index (χ3v) is 5.18. The predicted molar refractivity (Wildman–Crippen MR) is 118 cm³/mol. The molecule has 0 radical (unpaired) electrons. The number of benzene rings is 3. The molecule has 5 aromatic rings. The van der Waals surface area contributed by atoms with Crippen molar-refractivity contribution >= 4 is 39.8 Å². The number of carbonyl (C=O) groups excluding carboxylic acids is 2. The molecule has 2 heterocycles. The molecule has 2 aromatic heterocycles. The van der Waals surface area contributed by atoms with Crippen molar-refractivity contribution in [1.82, 2.24) is 14.5 Å². The van der Waals surface area contributed by atoms with Crippen molar-refractivity contribution in [2.75, 3.05) is 5.73 Å². The molecule has 0 saturated heterocycles. The average molecular weight is 408 g/mol. The van der Waals surface area contributed by atoms with E-state index in [9.17, 15) is 14.7 Å². The minimum atomic E-state index is -0.339. The Balaban J connectivity index is 1.70. The lowest BCUT2D eigenvalue weighted by Gasteiger charge is -2.10. The standard InChI is InChI=1S/C24H16N4O3/c25-24-26-21-8-5-14(19-7-6-18(30)9-17(19)13-29)10-20(21)22(27-24)23(31)28-11-15-3-1-2-4-16(15)12-28/h1-13,30H,(H2,25,26,27). The highest BCUT2D eigenvalue weighted by atomic mass is 16.3. The van der Waals surface area contributed by atoms with E-state index in [1.807, 2.05) is 24.3 Å². The number of fused-ring (bicyclic) bond motifs is 2. The normalized spacial score (nSPS) is 11.1. The second-order valence-corrected chi connectivity index (χ2v) is 7.15. The molecule has 0 atom stereocenters. The Hall–Kier alpha value is -4.52. The van der Waals surface area contributed by atoms with Crippen LogP contribution in [0, 0.1) is 0 Å². The lowest BCUT2D eigenvalue weighted by atomic mass is 9.98. The van der Waals surface area contributed by atoms with Gasteiger partial charge in [-0.25, -0.2) is 9.97 Å². The van der Waals surface area contributed by atoms with E-state index in [4.69, 9.17) is 5.73 Å². The van der Waals surface area contributed by atoms with Gasteiger partial charge < -0.3 is 10.8 Å². The number of hydrogen-bond acceptors (Lipinski definition) is 6. The summed E-state index contributed by atoms with van der Waals surface area (Å²) in [7, 11) is 0. The first-order valence-electron chi connectivity index (χ1n) is 9.51. The molecule has 0 saturated carbocycles. The van der Waals surface area contributed by atoms with Crippen LogP contribution in [-0.4, -0.2) is 31.8 Å². The van der Waals surface area contributed by atoms with Gasteiger partial charge in [0.15, 0.2) is 6.29 Å². The minimum absolute atomic E-state index is 0.00137. The third-order valence-electron chi connectivity index (χ3n) is 5.18. The van der Waals surface area contributed by atoms with E-state index in [1.165, 1.54) is 16.7 Å².